The van der Waals surface area contributed by atoms with E-state index in [1.54, 1.807) is 16.8 Å². The molecule has 2 nitrogen and oxygen atoms in total. The summed E-state index contributed by atoms with van der Waals surface area (Å²) in [7, 11) is 1.90. The van der Waals surface area contributed by atoms with Crippen LogP contribution in [0.4, 0.5) is 0 Å². The minimum absolute atomic E-state index is 1.07. The molecule has 0 atom stereocenters. The lowest BCUT2D eigenvalue weighted by Crippen LogP contribution is -1.84. The number of aryl methyl sites for hydroxylation is 1. The van der Waals surface area contributed by atoms with Gasteiger partial charge in [-0.3, -0.25) is 4.68 Å². The zero-order valence-electron chi connectivity index (χ0n) is 8.35. The van der Waals surface area contributed by atoms with Crippen molar-refractivity contribution >= 4 is 5.57 Å². The Morgan fingerprint density at radius 2 is 2.21 bits per heavy atom. The van der Waals surface area contributed by atoms with Gasteiger partial charge in [-0.05, 0) is 5.57 Å². The zero-order valence-corrected chi connectivity index (χ0v) is 8.35. The smallest absolute Gasteiger partial charge is 0.0568 e. The first-order chi connectivity index (χ1) is 6.77. The molecule has 1 rings (SSSR count). The predicted molar refractivity (Wildman–Crippen MR) is 60.7 cm³/mol. The molecule has 0 saturated heterocycles. The molecule has 0 radical (unpaired) electrons. The van der Waals surface area contributed by atoms with Crippen LogP contribution in [-0.4, -0.2) is 9.78 Å². The van der Waals surface area contributed by atoms with Gasteiger partial charge in [0.25, 0.3) is 0 Å². The Labute approximate surface area is 84.6 Å². The summed E-state index contributed by atoms with van der Waals surface area (Å²) < 4.78 is 1.77. The molecule has 0 spiro atoms. The van der Waals surface area contributed by atoms with E-state index in [2.05, 4.69) is 18.3 Å². The van der Waals surface area contributed by atoms with Crippen LogP contribution in [0.3, 0.4) is 0 Å². The molecular formula is C12H14N2. The molecule has 0 amide bonds. The summed E-state index contributed by atoms with van der Waals surface area (Å²) in [6.45, 7) is 7.31. The maximum absolute atomic E-state index is 4.11. The lowest BCUT2D eigenvalue weighted by Gasteiger charge is -1.94. The number of hydrogen-bond donors (Lipinski definition) is 0. The van der Waals surface area contributed by atoms with Crippen molar-refractivity contribution in [1.82, 2.24) is 9.78 Å². The van der Waals surface area contributed by atoms with E-state index in [1.807, 2.05) is 37.7 Å². The minimum atomic E-state index is 1.07. The van der Waals surface area contributed by atoms with Crippen LogP contribution in [0.1, 0.15) is 5.56 Å². The molecule has 0 bridgehead atoms. The third kappa shape index (κ3) is 2.59. The fraction of sp³-hybridized carbons (Fsp3) is 0.0833. The summed E-state index contributed by atoms with van der Waals surface area (Å²) in [6.07, 6.45) is 13.1. The minimum Gasteiger partial charge on any atom is -0.275 e. The largest absolute Gasteiger partial charge is 0.275 e. The second kappa shape index (κ2) is 5.02. The summed E-state index contributed by atoms with van der Waals surface area (Å²) in [4.78, 5) is 0. The van der Waals surface area contributed by atoms with Gasteiger partial charge in [0.15, 0.2) is 0 Å². The van der Waals surface area contributed by atoms with Crippen molar-refractivity contribution in [3.8, 4) is 0 Å². The van der Waals surface area contributed by atoms with Crippen molar-refractivity contribution in [2.75, 3.05) is 0 Å². The summed E-state index contributed by atoms with van der Waals surface area (Å²) in [6, 6.07) is 0. The van der Waals surface area contributed by atoms with E-state index >= 15 is 0 Å². The molecule has 0 fully saturated rings. The average molecular weight is 186 g/mol. The number of nitrogens with zero attached hydrogens (tertiary/aromatic N) is 2. The highest BCUT2D eigenvalue weighted by Gasteiger charge is 1.98. The molecule has 0 aliphatic rings. The van der Waals surface area contributed by atoms with E-state index in [1.165, 1.54) is 0 Å². The maximum Gasteiger partial charge on any atom is 0.0568 e. The molecule has 2 heteroatoms. The van der Waals surface area contributed by atoms with Crippen molar-refractivity contribution < 1.29 is 0 Å². The molecule has 72 valence electrons. The van der Waals surface area contributed by atoms with Gasteiger partial charge in [-0.1, -0.05) is 43.5 Å². The molecule has 14 heavy (non-hydrogen) atoms. The SMILES string of the molecule is C=C/C=C\C(=C/C=C)c1cnn(C)c1. The van der Waals surface area contributed by atoms with Crippen LogP contribution in [0.5, 0.6) is 0 Å². The van der Waals surface area contributed by atoms with E-state index in [9.17, 15) is 0 Å². The Hall–Kier alpha value is -1.83. The van der Waals surface area contributed by atoms with Crippen LogP contribution in [0, 0.1) is 0 Å². The molecule has 1 heterocycles. The van der Waals surface area contributed by atoms with Crippen molar-refractivity contribution in [2.45, 2.75) is 0 Å². The fourth-order valence-electron chi connectivity index (χ4n) is 1.12. The number of allylic oxidation sites excluding steroid dienone is 6. The Morgan fingerprint density at radius 3 is 2.71 bits per heavy atom. The standard InChI is InChI=1S/C12H14N2/c1-4-6-8-11(7-5-2)12-9-13-14(3)10-12/h4-10H,1-2H2,3H3/b8-6-,11-7+. The van der Waals surface area contributed by atoms with Crippen LogP contribution < -0.4 is 0 Å². The number of aromatic nitrogens is 2. The molecule has 0 aliphatic carbocycles. The molecule has 1 aromatic heterocycles. The van der Waals surface area contributed by atoms with Gasteiger partial charge in [-0.25, -0.2) is 0 Å². The first kappa shape index (κ1) is 10.3. The van der Waals surface area contributed by atoms with Gasteiger partial charge in [-0.15, -0.1) is 0 Å². The molecule has 0 aliphatic heterocycles. The van der Waals surface area contributed by atoms with Gasteiger partial charge in [0.1, 0.15) is 0 Å². The van der Waals surface area contributed by atoms with E-state index in [4.69, 9.17) is 0 Å². The van der Waals surface area contributed by atoms with E-state index in [0.29, 0.717) is 0 Å². The van der Waals surface area contributed by atoms with Crippen molar-refractivity contribution in [3.63, 3.8) is 0 Å². The van der Waals surface area contributed by atoms with Crippen LogP contribution in [0.25, 0.3) is 5.57 Å². The Kier molecular flexibility index (Phi) is 3.68. The topological polar surface area (TPSA) is 17.8 Å². The normalized spacial score (nSPS) is 11.9. The highest BCUT2D eigenvalue weighted by Crippen LogP contribution is 2.14. The lowest BCUT2D eigenvalue weighted by molar-refractivity contribution is 0.767. The second-order valence-corrected chi connectivity index (χ2v) is 2.86. The van der Waals surface area contributed by atoms with Crippen LogP contribution in [-0.2, 0) is 7.05 Å². The third-order valence-electron chi connectivity index (χ3n) is 1.75. The van der Waals surface area contributed by atoms with Gasteiger partial charge < -0.3 is 0 Å². The van der Waals surface area contributed by atoms with Gasteiger partial charge in [0.2, 0.25) is 0 Å². The Bertz CT molecular complexity index is 381. The summed E-state index contributed by atoms with van der Waals surface area (Å²) in [5.41, 5.74) is 2.15. The van der Waals surface area contributed by atoms with E-state index in [0.717, 1.165) is 11.1 Å². The summed E-state index contributed by atoms with van der Waals surface area (Å²) in [5.74, 6) is 0. The highest BCUT2D eigenvalue weighted by atomic mass is 15.2. The van der Waals surface area contributed by atoms with E-state index in [-0.39, 0.29) is 0 Å². The molecular weight excluding hydrogens is 172 g/mol. The maximum atomic E-state index is 4.11. The average Bonchev–Trinajstić information content (AvgIpc) is 2.59. The van der Waals surface area contributed by atoms with Gasteiger partial charge in [0.05, 0.1) is 6.20 Å². The number of rotatable bonds is 4. The third-order valence-corrected chi connectivity index (χ3v) is 1.75. The monoisotopic (exact) mass is 186 g/mol. The molecule has 0 unspecified atom stereocenters. The van der Waals surface area contributed by atoms with Gasteiger partial charge in [-0.2, -0.15) is 5.10 Å². The Balaban J connectivity index is 3.00. The first-order valence-corrected chi connectivity index (χ1v) is 4.38. The Morgan fingerprint density at radius 1 is 1.43 bits per heavy atom. The van der Waals surface area contributed by atoms with Gasteiger partial charge in [0, 0.05) is 18.8 Å². The van der Waals surface area contributed by atoms with Gasteiger partial charge >= 0.3 is 0 Å². The van der Waals surface area contributed by atoms with Crippen molar-refractivity contribution in [2.24, 2.45) is 7.05 Å². The molecule has 0 N–H and O–H groups in total. The predicted octanol–water partition coefficient (Wildman–Crippen LogP) is 2.73. The molecule has 0 aromatic carbocycles. The molecule has 1 aromatic rings. The van der Waals surface area contributed by atoms with Crippen molar-refractivity contribution in [3.05, 3.63) is 61.5 Å². The first-order valence-electron chi connectivity index (χ1n) is 4.38. The number of hydrogen-bond acceptors (Lipinski definition) is 1. The summed E-state index contributed by atoms with van der Waals surface area (Å²) >= 11 is 0. The van der Waals surface area contributed by atoms with Crippen LogP contribution in [0.15, 0.2) is 55.9 Å². The second-order valence-electron chi connectivity index (χ2n) is 2.86. The zero-order chi connectivity index (χ0) is 10.4. The fourth-order valence-corrected chi connectivity index (χ4v) is 1.12. The quantitative estimate of drug-likeness (QED) is 0.661. The van der Waals surface area contributed by atoms with Crippen molar-refractivity contribution in [1.29, 1.82) is 0 Å². The van der Waals surface area contributed by atoms with E-state index < -0.39 is 0 Å². The highest BCUT2D eigenvalue weighted by molar-refractivity contribution is 5.74. The lowest BCUT2D eigenvalue weighted by atomic mass is 10.1. The molecule has 0 saturated carbocycles. The summed E-state index contributed by atoms with van der Waals surface area (Å²) in [5, 5.41) is 4.11. The van der Waals surface area contributed by atoms with Crippen LogP contribution in [0.2, 0.25) is 0 Å². The van der Waals surface area contributed by atoms with Crippen LogP contribution >= 0.6 is 0 Å².